The summed E-state index contributed by atoms with van der Waals surface area (Å²) in [6.07, 6.45) is 7.92. The Balaban J connectivity index is -0.0000000192. The topological polar surface area (TPSA) is 69.2 Å². The maximum atomic E-state index is 8.42. The number of hydrogen-bond donors (Lipinski definition) is 0. The average Bonchev–Trinajstić information content (AvgIpc) is 2.28. The summed E-state index contributed by atoms with van der Waals surface area (Å²) >= 11 is 0. The van der Waals surface area contributed by atoms with Crippen molar-refractivity contribution in [2.45, 2.75) is 80.1 Å². The zero-order chi connectivity index (χ0) is 13.8. The third-order valence-electron chi connectivity index (χ3n) is 1.50. The van der Waals surface area contributed by atoms with Crippen molar-refractivity contribution in [3.63, 3.8) is 0 Å². The van der Waals surface area contributed by atoms with Gasteiger partial charge in [0.05, 0.1) is 0 Å². The van der Waals surface area contributed by atoms with Crippen molar-refractivity contribution in [3.8, 4) is 0 Å². The van der Waals surface area contributed by atoms with Gasteiger partial charge < -0.3 is 15.1 Å². The van der Waals surface area contributed by atoms with Crippen LogP contribution < -0.4 is 71.7 Å². The van der Waals surface area contributed by atoms with Crippen LogP contribution in [0.4, 0.5) is 0 Å². The van der Waals surface area contributed by atoms with Crippen LogP contribution in [0.2, 0.25) is 0 Å². The Bertz CT molecular complexity index is 65.0. The van der Waals surface area contributed by atoms with E-state index in [0.717, 1.165) is 0 Å². The van der Waals surface area contributed by atoms with E-state index in [1.165, 1.54) is 38.5 Å². The van der Waals surface area contributed by atoms with E-state index in [0.29, 0.717) is 0 Å². The Hall–Kier alpha value is 1.74. The van der Waals surface area contributed by atoms with Crippen molar-refractivity contribution in [2.24, 2.45) is 0 Å². The Morgan fingerprint density at radius 1 is 0.474 bits per heavy atom. The molecule has 0 atom stereocenters. The summed E-state index contributed by atoms with van der Waals surface area (Å²) < 4.78 is 0. The van der Waals surface area contributed by atoms with Crippen LogP contribution in [0.25, 0.3) is 0 Å². The van der Waals surface area contributed by atoms with E-state index in [-0.39, 0.29) is 56.6 Å². The molecule has 0 saturated carbocycles. The molecule has 0 amide bonds. The van der Waals surface area contributed by atoms with Crippen LogP contribution in [0.1, 0.15) is 80.1 Å². The van der Waals surface area contributed by atoms with Gasteiger partial charge in [0.15, 0.2) is 0 Å². The van der Waals surface area contributed by atoms with Crippen molar-refractivity contribution in [1.29, 1.82) is 0 Å². The molecular formula is C12H30BLi3O3. The first-order chi connectivity index (χ1) is 7.47. The third kappa shape index (κ3) is 277. The molecule has 0 bridgehead atoms. The molecular weight excluding hydrogens is 224 g/mol. The number of rotatable bonds is 3. The van der Waals surface area contributed by atoms with E-state index in [4.69, 9.17) is 15.1 Å². The van der Waals surface area contributed by atoms with Crippen molar-refractivity contribution in [2.75, 3.05) is 0 Å². The SMILES string of the molecule is CCCC.CCCC.CCCC.[Li+].[Li+].[Li+].[O-]B([O-])[O-]. The molecule has 0 fully saturated rings. The normalized spacial score (nSPS) is 6.16. The Kier molecular flexibility index (Phi) is 135. The van der Waals surface area contributed by atoms with Gasteiger partial charge >= 0.3 is 56.6 Å². The molecule has 19 heavy (non-hydrogen) atoms. The smallest absolute Gasteiger partial charge is 0.907 e. The number of unbranched alkanes of at least 4 members (excludes halogenated alkanes) is 3. The van der Waals surface area contributed by atoms with Crippen LogP contribution in [0.3, 0.4) is 0 Å². The van der Waals surface area contributed by atoms with E-state index >= 15 is 0 Å². The van der Waals surface area contributed by atoms with Crippen molar-refractivity contribution < 1.29 is 71.7 Å². The monoisotopic (exact) mass is 254 g/mol. The van der Waals surface area contributed by atoms with E-state index in [9.17, 15) is 0 Å². The van der Waals surface area contributed by atoms with Gasteiger partial charge in [-0.3, -0.25) is 7.32 Å². The number of hydrogen-bond acceptors (Lipinski definition) is 3. The van der Waals surface area contributed by atoms with Gasteiger partial charge in [-0.05, 0) is 0 Å². The van der Waals surface area contributed by atoms with Crippen LogP contribution in [0.5, 0.6) is 0 Å². The second-order valence-corrected chi connectivity index (χ2v) is 3.29. The summed E-state index contributed by atoms with van der Waals surface area (Å²) in [5.74, 6) is 0. The Morgan fingerprint density at radius 2 is 0.526 bits per heavy atom. The minimum Gasteiger partial charge on any atom is -0.907 e. The zero-order valence-electron chi connectivity index (χ0n) is 15.0. The van der Waals surface area contributed by atoms with Crippen LogP contribution in [-0.4, -0.2) is 7.32 Å². The molecule has 0 aromatic heterocycles. The molecule has 0 unspecified atom stereocenters. The maximum absolute atomic E-state index is 8.42. The average molecular weight is 254 g/mol. The fourth-order valence-corrected chi connectivity index (χ4v) is 0. The van der Waals surface area contributed by atoms with E-state index < -0.39 is 7.32 Å². The maximum Gasteiger partial charge on any atom is 1.00 e. The van der Waals surface area contributed by atoms with Gasteiger partial charge in [-0.25, -0.2) is 0 Å². The van der Waals surface area contributed by atoms with Crippen molar-refractivity contribution >= 4 is 7.32 Å². The molecule has 0 aromatic rings. The standard InChI is InChI=1S/3C4H10.BO3.3Li/c3*1-3-4-2;2-1(3)4;;;/h3*3-4H2,1-2H3;;;;/q;;;-3;3*+1. The van der Waals surface area contributed by atoms with Gasteiger partial charge in [0.25, 0.3) is 0 Å². The molecule has 0 saturated heterocycles. The fraction of sp³-hybridized carbons (Fsp3) is 1.00. The first-order valence-corrected chi connectivity index (χ1v) is 6.45. The van der Waals surface area contributed by atoms with Gasteiger partial charge in [0.2, 0.25) is 0 Å². The van der Waals surface area contributed by atoms with Gasteiger partial charge in [-0.1, -0.05) is 80.1 Å². The Morgan fingerprint density at radius 3 is 0.526 bits per heavy atom. The van der Waals surface area contributed by atoms with E-state index in [2.05, 4.69) is 41.5 Å². The minimum atomic E-state index is -2.92. The summed E-state index contributed by atoms with van der Waals surface area (Å²) in [7, 11) is -2.92. The molecule has 3 nitrogen and oxygen atoms in total. The van der Waals surface area contributed by atoms with Gasteiger partial charge in [-0.2, -0.15) is 0 Å². The summed E-state index contributed by atoms with van der Waals surface area (Å²) in [5.41, 5.74) is 0. The summed E-state index contributed by atoms with van der Waals surface area (Å²) in [6, 6.07) is 0. The molecule has 0 N–H and O–H groups in total. The molecule has 0 aliphatic heterocycles. The van der Waals surface area contributed by atoms with Crippen LogP contribution >= 0.6 is 0 Å². The van der Waals surface area contributed by atoms with Gasteiger partial charge in [0, 0.05) is 0 Å². The molecule has 0 spiro atoms. The quantitative estimate of drug-likeness (QED) is 0.470. The van der Waals surface area contributed by atoms with Crippen LogP contribution in [0, 0.1) is 0 Å². The predicted molar refractivity (Wildman–Crippen MR) is 67.5 cm³/mol. The second kappa shape index (κ2) is 60.1. The predicted octanol–water partition coefficient (Wildman–Crippen LogP) is -7.52. The fourth-order valence-electron chi connectivity index (χ4n) is 0. The summed E-state index contributed by atoms with van der Waals surface area (Å²) in [5, 5.41) is 25.2. The first kappa shape index (κ1) is 42.8. The van der Waals surface area contributed by atoms with E-state index in [1.807, 2.05) is 0 Å². The molecule has 7 heteroatoms. The molecule has 0 aliphatic carbocycles. The van der Waals surface area contributed by atoms with Crippen LogP contribution in [0.15, 0.2) is 0 Å². The third-order valence-corrected chi connectivity index (χ3v) is 1.50. The largest absolute Gasteiger partial charge is 1.00 e. The first-order valence-electron chi connectivity index (χ1n) is 6.45. The van der Waals surface area contributed by atoms with Crippen molar-refractivity contribution in [1.82, 2.24) is 0 Å². The zero-order valence-corrected chi connectivity index (χ0v) is 15.0. The minimum absolute atomic E-state index is 0. The summed E-state index contributed by atoms with van der Waals surface area (Å²) in [4.78, 5) is 0. The second-order valence-electron chi connectivity index (χ2n) is 3.29. The van der Waals surface area contributed by atoms with Crippen LogP contribution in [-0.2, 0) is 0 Å². The van der Waals surface area contributed by atoms with Crippen molar-refractivity contribution in [3.05, 3.63) is 0 Å². The molecule has 0 aromatic carbocycles. The summed E-state index contributed by atoms with van der Waals surface area (Å²) in [6.45, 7) is 13.1. The molecule has 0 heterocycles. The molecule has 102 valence electrons. The Labute approximate surface area is 158 Å². The molecule has 0 rings (SSSR count). The van der Waals surface area contributed by atoms with Gasteiger partial charge in [0.1, 0.15) is 0 Å². The molecule has 0 aliphatic rings. The molecule has 0 radical (unpaired) electrons. The van der Waals surface area contributed by atoms with E-state index in [1.54, 1.807) is 0 Å². The van der Waals surface area contributed by atoms with Gasteiger partial charge in [-0.15, -0.1) is 0 Å².